The van der Waals surface area contributed by atoms with Crippen LogP contribution < -0.4 is 11.5 Å². The van der Waals surface area contributed by atoms with Gasteiger partial charge in [-0.1, -0.05) is 17.7 Å². The Hall–Kier alpha value is -1.88. The van der Waals surface area contributed by atoms with Gasteiger partial charge in [-0.05, 0) is 35.9 Å². The summed E-state index contributed by atoms with van der Waals surface area (Å²) in [6.07, 6.45) is -4.51. The van der Waals surface area contributed by atoms with Crippen LogP contribution in [0.1, 0.15) is 5.56 Å². The van der Waals surface area contributed by atoms with E-state index < -0.39 is 11.7 Å². The minimum Gasteiger partial charge on any atom is -0.399 e. The quantitative estimate of drug-likeness (QED) is 0.772. The van der Waals surface area contributed by atoms with Crippen LogP contribution in [-0.4, -0.2) is 0 Å². The molecule has 0 aromatic heterocycles. The van der Waals surface area contributed by atoms with Crippen LogP contribution in [0.5, 0.6) is 0 Å². The monoisotopic (exact) mass is 286 g/mol. The molecule has 2 aromatic carbocycles. The highest BCUT2D eigenvalue weighted by molar-refractivity contribution is 6.31. The van der Waals surface area contributed by atoms with Gasteiger partial charge in [-0.3, -0.25) is 0 Å². The summed E-state index contributed by atoms with van der Waals surface area (Å²) in [7, 11) is 0. The van der Waals surface area contributed by atoms with Gasteiger partial charge in [0.05, 0.1) is 10.6 Å². The molecule has 2 aromatic rings. The van der Waals surface area contributed by atoms with Gasteiger partial charge in [-0.15, -0.1) is 0 Å². The third-order valence-corrected chi connectivity index (χ3v) is 2.99. The molecular weight excluding hydrogens is 277 g/mol. The fraction of sp³-hybridized carbons (Fsp3) is 0.0769. The molecule has 0 aliphatic carbocycles. The minimum atomic E-state index is -4.51. The highest BCUT2D eigenvalue weighted by Crippen LogP contribution is 2.38. The molecule has 100 valence electrons. The Kier molecular flexibility index (Phi) is 3.32. The lowest BCUT2D eigenvalue weighted by molar-refractivity contribution is -0.137. The second-order valence-electron chi connectivity index (χ2n) is 4.04. The Morgan fingerprint density at radius 3 is 2.26 bits per heavy atom. The van der Waals surface area contributed by atoms with Crippen molar-refractivity contribution in [1.29, 1.82) is 0 Å². The van der Waals surface area contributed by atoms with Gasteiger partial charge in [-0.25, -0.2) is 0 Å². The Labute approximate surface area is 112 Å². The summed E-state index contributed by atoms with van der Waals surface area (Å²) >= 11 is 5.56. The van der Waals surface area contributed by atoms with Crippen LogP contribution >= 0.6 is 11.6 Å². The number of hydrogen-bond donors (Lipinski definition) is 2. The van der Waals surface area contributed by atoms with Crippen molar-refractivity contribution < 1.29 is 13.2 Å². The van der Waals surface area contributed by atoms with Crippen molar-refractivity contribution in [1.82, 2.24) is 0 Å². The summed E-state index contributed by atoms with van der Waals surface area (Å²) in [6.45, 7) is 0. The molecule has 0 radical (unpaired) electrons. The molecule has 4 N–H and O–H groups in total. The lowest BCUT2D eigenvalue weighted by Crippen LogP contribution is -2.06. The summed E-state index contributed by atoms with van der Waals surface area (Å²) in [5, 5.41) is -0.348. The van der Waals surface area contributed by atoms with Crippen LogP contribution in [0.2, 0.25) is 5.02 Å². The Morgan fingerprint density at radius 1 is 0.947 bits per heavy atom. The maximum Gasteiger partial charge on any atom is 0.417 e. The van der Waals surface area contributed by atoms with Gasteiger partial charge in [0.2, 0.25) is 0 Å². The van der Waals surface area contributed by atoms with Gasteiger partial charge in [-0.2, -0.15) is 13.2 Å². The number of halogens is 4. The van der Waals surface area contributed by atoms with E-state index in [1.54, 1.807) is 12.1 Å². The molecule has 0 atom stereocenters. The highest BCUT2D eigenvalue weighted by Gasteiger charge is 2.33. The molecule has 0 spiro atoms. The number of anilines is 2. The van der Waals surface area contributed by atoms with Crippen LogP contribution in [0.4, 0.5) is 24.5 Å². The Balaban J connectivity index is 2.61. The molecular formula is C13H10ClF3N2. The van der Waals surface area contributed by atoms with E-state index in [1.807, 2.05) is 0 Å². The fourth-order valence-corrected chi connectivity index (χ4v) is 1.96. The van der Waals surface area contributed by atoms with Gasteiger partial charge >= 0.3 is 6.18 Å². The van der Waals surface area contributed by atoms with E-state index in [-0.39, 0.29) is 5.02 Å². The van der Waals surface area contributed by atoms with Crippen LogP contribution in [0, 0.1) is 0 Å². The Morgan fingerprint density at radius 2 is 1.63 bits per heavy atom. The van der Waals surface area contributed by atoms with Gasteiger partial charge in [0.1, 0.15) is 0 Å². The van der Waals surface area contributed by atoms with Crippen molar-refractivity contribution >= 4 is 23.0 Å². The summed E-state index contributed by atoms with van der Waals surface area (Å²) in [5.41, 5.74) is 12.0. The molecule has 0 saturated heterocycles. The Bertz CT molecular complexity index is 624. The third kappa shape index (κ3) is 2.76. The molecule has 2 nitrogen and oxygen atoms in total. The first-order chi connectivity index (χ1) is 8.79. The number of nitrogen functional groups attached to an aromatic ring is 2. The third-order valence-electron chi connectivity index (χ3n) is 2.66. The van der Waals surface area contributed by atoms with E-state index in [1.165, 1.54) is 18.2 Å². The predicted molar refractivity (Wildman–Crippen MR) is 70.7 cm³/mol. The first-order valence-electron chi connectivity index (χ1n) is 5.31. The number of benzene rings is 2. The molecule has 0 aliphatic heterocycles. The maximum absolute atomic E-state index is 12.8. The first-order valence-corrected chi connectivity index (χ1v) is 5.69. The SMILES string of the molecule is Nc1ccc(N)c(-c2ccc(Cl)c(C(F)(F)F)c2)c1. The van der Waals surface area contributed by atoms with Crippen LogP contribution in [0.3, 0.4) is 0 Å². The fourth-order valence-electron chi connectivity index (χ4n) is 1.73. The van der Waals surface area contributed by atoms with Crippen molar-refractivity contribution in [2.45, 2.75) is 6.18 Å². The first kappa shape index (κ1) is 13.5. The lowest BCUT2D eigenvalue weighted by Gasteiger charge is -2.12. The van der Waals surface area contributed by atoms with Crippen molar-refractivity contribution in [3.8, 4) is 11.1 Å². The molecule has 2 rings (SSSR count). The van der Waals surface area contributed by atoms with Crippen molar-refractivity contribution in [3.63, 3.8) is 0 Å². The zero-order chi connectivity index (χ0) is 14.2. The zero-order valence-electron chi connectivity index (χ0n) is 9.63. The van der Waals surface area contributed by atoms with Gasteiger partial charge in [0.25, 0.3) is 0 Å². The van der Waals surface area contributed by atoms with E-state index in [0.29, 0.717) is 22.5 Å². The number of alkyl halides is 3. The zero-order valence-corrected chi connectivity index (χ0v) is 10.4. The van der Waals surface area contributed by atoms with Crippen molar-refractivity contribution in [3.05, 3.63) is 47.0 Å². The summed E-state index contributed by atoms with van der Waals surface area (Å²) in [6, 6.07) is 8.29. The van der Waals surface area contributed by atoms with Gasteiger partial charge in [0, 0.05) is 16.9 Å². The van der Waals surface area contributed by atoms with Crippen LogP contribution in [-0.2, 0) is 6.18 Å². The summed E-state index contributed by atoms with van der Waals surface area (Å²) < 4.78 is 38.4. The smallest absolute Gasteiger partial charge is 0.399 e. The van der Waals surface area contributed by atoms with Crippen molar-refractivity contribution in [2.75, 3.05) is 11.5 Å². The average Bonchev–Trinajstić information content (AvgIpc) is 2.31. The molecule has 6 heteroatoms. The van der Waals surface area contributed by atoms with Crippen LogP contribution in [0.15, 0.2) is 36.4 Å². The predicted octanol–water partition coefficient (Wildman–Crippen LogP) is 4.19. The van der Waals surface area contributed by atoms with E-state index in [0.717, 1.165) is 6.07 Å². The number of rotatable bonds is 1. The molecule has 19 heavy (non-hydrogen) atoms. The number of nitrogens with two attached hydrogens (primary N) is 2. The minimum absolute atomic E-state index is 0.321. The standard InChI is InChI=1S/C13H10ClF3N2/c14-11-3-1-7(5-10(11)13(15,16)17)9-6-8(18)2-4-12(9)19/h1-6H,18-19H2. The van der Waals surface area contributed by atoms with Gasteiger partial charge in [0.15, 0.2) is 0 Å². The largest absolute Gasteiger partial charge is 0.417 e. The van der Waals surface area contributed by atoms with Crippen molar-refractivity contribution in [2.24, 2.45) is 0 Å². The van der Waals surface area contributed by atoms with E-state index in [2.05, 4.69) is 0 Å². The lowest BCUT2D eigenvalue weighted by atomic mass is 10.0. The maximum atomic E-state index is 12.8. The van der Waals surface area contributed by atoms with E-state index in [9.17, 15) is 13.2 Å². The molecule has 0 heterocycles. The van der Waals surface area contributed by atoms with E-state index >= 15 is 0 Å². The second kappa shape index (κ2) is 4.66. The molecule has 0 bridgehead atoms. The summed E-state index contributed by atoms with van der Waals surface area (Å²) in [4.78, 5) is 0. The molecule has 0 aliphatic rings. The molecule has 0 unspecified atom stereocenters. The highest BCUT2D eigenvalue weighted by atomic mass is 35.5. The summed E-state index contributed by atoms with van der Waals surface area (Å²) in [5.74, 6) is 0. The van der Waals surface area contributed by atoms with Crippen LogP contribution in [0.25, 0.3) is 11.1 Å². The average molecular weight is 287 g/mol. The molecule has 0 saturated carbocycles. The topological polar surface area (TPSA) is 52.0 Å². The number of hydrogen-bond acceptors (Lipinski definition) is 2. The van der Waals surface area contributed by atoms with Gasteiger partial charge < -0.3 is 11.5 Å². The second-order valence-corrected chi connectivity index (χ2v) is 4.45. The normalized spacial score (nSPS) is 11.6. The van der Waals surface area contributed by atoms with E-state index in [4.69, 9.17) is 23.1 Å². The molecule has 0 amide bonds. The molecule has 0 fully saturated rings.